The van der Waals surface area contributed by atoms with Crippen LogP contribution in [0.1, 0.15) is 23.4 Å². The monoisotopic (exact) mass is 458 g/mol. The van der Waals surface area contributed by atoms with Crippen molar-refractivity contribution in [3.05, 3.63) is 65.5 Å². The second kappa shape index (κ2) is 8.11. The first-order chi connectivity index (χ1) is 16.4. The molecule has 0 aliphatic carbocycles. The number of fused-ring (bicyclic) bond motifs is 3. The van der Waals surface area contributed by atoms with Gasteiger partial charge in [-0.2, -0.15) is 0 Å². The molecule has 8 nitrogen and oxygen atoms in total. The zero-order valence-corrected chi connectivity index (χ0v) is 19.3. The fourth-order valence-corrected chi connectivity index (χ4v) is 5.35. The maximum atomic E-state index is 13.9. The molecule has 0 saturated carbocycles. The first-order valence-corrected chi connectivity index (χ1v) is 11.6. The molecule has 174 valence electrons. The van der Waals surface area contributed by atoms with Crippen molar-refractivity contribution in [1.29, 1.82) is 0 Å². The number of hydrogen-bond donors (Lipinski definition) is 1. The Morgan fingerprint density at radius 3 is 2.44 bits per heavy atom. The van der Waals surface area contributed by atoms with E-state index in [1.54, 1.807) is 13.1 Å². The zero-order valence-electron chi connectivity index (χ0n) is 19.3. The number of aryl methyl sites for hydroxylation is 1. The summed E-state index contributed by atoms with van der Waals surface area (Å²) in [5.74, 6) is 1.02. The quantitative estimate of drug-likeness (QED) is 0.492. The second-order valence-electron chi connectivity index (χ2n) is 9.47. The molecule has 2 aliphatic heterocycles. The Balaban J connectivity index is 1.31. The first kappa shape index (κ1) is 21.1. The Labute approximate surface area is 197 Å². The number of likely N-dealkylation sites (N-methyl/N-ethyl adjacent to an activating group) is 1. The molecule has 2 fully saturated rings. The van der Waals surface area contributed by atoms with Crippen molar-refractivity contribution in [2.45, 2.75) is 38.5 Å². The molecule has 0 amide bonds. The predicted molar refractivity (Wildman–Crippen MR) is 128 cm³/mol. The minimum Gasteiger partial charge on any atom is -0.382 e. The fraction of sp³-hybridized carbons (Fsp3) is 0.360. The molecule has 34 heavy (non-hydrogen) atoms. The highest BCUT2D eigenvalue weighted by Crippen LogP contribution is 2.31. The van der Waals surface area contributed by atoms with Gasteiger partial charge in [0.05, 0.1) is 12.7 Å². The predicted octanol–water partition coefficient (Wildman–Crippen LogP) is 2.85. The van der Waals surface area contributed by atoms with E-state index in [4.69, 9.17) is 5.73 Å². The van der Waals surface area contributed by atoms with Gasteiger partial charge in [-0.25, -0.2) is 19.3 Å². The minimum atomic E-state index is -0.419. The topological polar surface area (TPSA) is 89.0 Å². The summed E-state index contributed by atoms with van der Waals surface area (Å²) < 4.78 is 15.9. The van der Waals surface area contributed by atoms with Crippen molar-refractivity contribution in [2.75, 3.05) is 25.9 Å². The number of likely N-dealkylation sites (tertiary alicyclic amines) is 2. The maximum Gasteiger partial charge on any atom is 0.166 e. The van der Waals surface area contributed by atoms with Gasteiger partial charge in [-0.15, -0.1) is 0 Å². The van der Waals surface area contributed by atoms with Crippen molar-refractivity contribution in [2.24, 2.45) is 0 Å². The molecule has 4 aromatic rings. The summed E-state index contributed by atoms with van der Waals surface area (Å²) in [7, 11) is 2.23. The van der Waals surface area contributed by atoms with Crippen molar-refractivity contribution in [1.82, 2.24) is 34.3 Å². The van der Waals surface area contributed by atoms with Crippen molar-refractivity contribution in [3.63, 3.8) is 0 Å². The number of nitrogen functional groups attached to an aromatic ring is 1. The Bertz CT molecular complexity index is 1360. The van der Waals surface area contributed by atoms with Gasteiger partial charge in [0, 0.05) is 43.5 Å². The number of benzene rings is 1. The average molecular weight is 459 g/mol. The Hall–Kier alpha value is -3.43. The summed E-state index contributed by atoms with van der Waals surface area (Å²) in [5.41, 5.74) is 10.3. The molecular weight excluding hydrogens is 431 g/mol. The van der Waals surface area contributed by atoms with Crippen LogP contribution in [0.2, 0.25) is 0 Å². The second-order valence-corrected chi connectivity index (χ2v) is 9.47. The fourth-order valence-electron chi connectivity index (χ4n) is 5.35. The van der Waals surface area contributed by atoms with Gasteiger partial charge in [0.2, 0.25) is 0 Å². The lowest BCUT2D eigenvalue weighted by Gasteiger charge is -2.31. The molecule has 1 aromatic carbocycles. The Kier molecular flexibility index (Phi) is 5.04. The van der Waals surface area contributed by atoms with Crippen molar-refractivity contribution < 1.29 is 4.39 Å². The highest BCUT2D eigenvalue weighted by molar-refractivity contribution is 5.85. The Morgan fingerprint density at radius 2 is 1.76 bits per heavy atom. The molecule has 6 rings (SSSR count). The molecule has 2 bridgehead atoms. The lowest BCUT2D eigenvalue weighted by Crippen LogP contribution is -2.43. The average Bonchev–Trinajstić information content (AvgIpc) is 3.48. The van der Waals surface area contributed by atoms with E-state index >= 15 is 0 Å². The van der Waals surface area contributed by atoms with Gasteiger partial charge in [0.25, 0.3) is 0 Å². The standard InChI is InChI=1S/C25H27FN8/c1-15-29-23(27)22-25(30-15)34(24(31-22)18-7-19(26)10-28-9-18)12-17-5-3-16(4-6-17)11-33-14-20-8-21(33)13-32(20)2/h3-7,9-10,20-21H,8,11-14H2,1-2H3,(H2,27,29,30)/t20-,21-/m0/s1. The van der Waals surface area contributed by atoms with Crippen LogP contribution in [-0.2, 0) is 13.1 Å². The summed E-state index contributed by atoms with van der Waals surface area (Å²) in [6.45, 7) is 5.62. The molecule has 3 aromatic heterocycles. The van der Waals surface area contributed by atoms with Crippen molar-refractivity contribution >= 4 is 17.0 Å². The molecule has 2 aliphatic rings. The molecule has 5 heterocycles. The molecule has 2 N–H and O–H groups in total. The van der Waals surface area contributed by atoms with Gasteiger partial charge in [-0.3, -0.25) is 9.88 Å². The SMILES string of the molecule is Cc1nc(N)c2nc(-c3cncc(F)c3)n(Cc3ccc(CN4C[C@@H]5C[C@H]4CN5C)cc3)c2n1. The van der Waals surface area contributed by atoms with Crippen LogP contribution in [0.15, 0.2) is 42.7 Å². The number of nitrogens with two attached hydrogens (primary N) is 1. The highest BCUT2D eigenvalue weighted by Gasteiger charge is 2.40. The van der Waals surface area contributed by atoms with Gasteiger partial charge in [0.15, 0.2) is 17.0 Å². The van der Waals surface area contributed by atoms with E-state index in [9.17, 15) is 4.39 Å². The van der Waals surface area contributed by atoms with E-state index < -0.39 is 5.82 Å². The number of halogens is 1. The van der Waals surface area contributed by atoms with Crippen LogP contribution in [0.25, 0.3) is 22.6 Å². The number of anilines is 1. The molecular formula is C25H27FN8. The lowest BCUT2D eigenvalue weighted by atomic mass is 10.1. The smallest absolute Gasteiger partial charge is 0.166 e. The normalized spacial score (nSPS) is 20.6. The first-order valence-electron chi connectivity index (χ1n) is 11.6. The van der Waals surface area contributed by atoms with Gasteiger partial charge in [-0.05, 0) is 37.6 Å². The van der Waals surface area contributed by atoms with Crippen LogP contribution < -0.4 is 5.73 Å². The molecule has 0 spiro atoms. The van der Waals surface area contributed by atoms with Crippen LogP contribution in [0, 0.1) is 12.7 Å². The van der Waals surface area contributed by atoms with E-state index in [0.29, 0.717) is 52.8 Å². The summed E-state index contributed by atoms with van der Waals surface area (Å²) in [5, 5.41) is 0. The number of nitrogens with zero attached hydrogens (tertiary/aromatic N) is 7. The molecule has 9 heteroatoms. The molecule has 0 radical (unpaired) electrons. The van der Waals surface area contributed by atoms with E-state index in [2.05, 4.69) is 61.0 Å². The third-order valence-corrected chi connectivity index (χ3v) is 7.07. The maximum absolute atomic E-state index is 13.9. The van der Waals surface area contributed by atoms with Crippen LogP contribution in [0.5, 0.6) is 0 Å². The van der Waals surface area contributed by atoms with Gasteiger partial charge in [-0.1, -0.05) is 24.3 Å². The number of aromatic nitrogens is 5. The van der Waals surface area contributed by atoms with Crippen LogP contribution in [0.4, 0.5) is 10.2 Å². The van der Waals surface area contributed by atoms with E-state index in [-0.39, 0.29) is 0 Å². The number of imidazole rings is 1. The largest absolute Gasteiger partial charge is 0.382 e. The van der Waals surface area contributed by atoms with Crippen LogP contribution in [0.3, 0.4) is 0 Å². The van der Waals surface area contributed by atoms with E-state index in [0.717, 1.165) is 18.7 Å². The number of hydrogen-bond acceptors (Lipinski definition) is 7. The van der Waals surface area contributed by atoms with Gasteiger partial charge in [0.1, 0.15) is 17.5 Å². The third kappa shape index (κ3) is 3.70. The van der Waals surface area contributed by atoms with Crippen LogP contribution in [-0.4, -0.2) is 66.5 Å². The minimum absolute atomic E-state index is 0.313. The summed E-state index contributed by atoms with van der Waals surface area (Å²) >= 11 is 0. The summed E-state index contributed by atoms with van der Waals surface area (Å²) in [6, 6.07) is 11.5. The van der Waals surface area contributed by atoms with Gasteiger partial charge < -0.3 is 15.2 Å². The zero-order chi connectivity index (χ0) is 23.4. The third-order valence-electron chi connectivity index (χ3n) is 7.07. The molecule has 2 saturated heterocycles. The molecule has 2 atom stereocenters. The number of rotatable bonds is 5. The Morgan fingerprint density at radius 1 is 1.00 bits per heavy atom. The summed E-state index contributed by atoms with van der Waals surface area (Å²) in [6.07, 6.45) is 4.06. The van der Waals surface area contributed by atoms with E-state index in [1.807, 2.05) is 4.57 Å². The van der Waals surface area contributed by atoms with E-state index in [1.165, 1.54) is 30.8 Å². The van der Waals surface area contributed by atoms with Crippen LogP contribution >= 0.6 is 0 Å². The van der Waals surface area contributed by atoms with Gasteiger partial charge >= 0.3 is 0 Å². The number of piperazine rings is 1. The molecule has 0 unspecified atom stereocenters. The highest BCUT2D eigenvalue weighted by atomic mass is 19.1. The van der Waals surface area contributed by atoms with Crippen molar-refractivity contribution in [3.8, 4) is 11.4 Å². The summed E-state index contributed by atoms with van der Waals surface area (Å²) in [4.78, 5) is 22.6. The lowest BCUT2D eigenvalue weighted by molar-refractivity contribution is 0.143. The number of pyridine rings is 1.